The molecule has 1 fully saturated rings. The number of nitrogens with one attached hydrogen (secondary N) is 2. The van der Waals surface area contributed by atoms with Gasteiger partial charge in [0.15, 0.2) is 0 Å². The summed E-state index contributed by atoms with van der Waals surface area (Å²) in [6, 6.07) is -0.380. The SMILES string of the molecule is CC(C)(C)OC(=O)CCOCC(COCCC(=O)OC(C)(C)C)(COCCC(=O)OC(C)(C)C)NC(=O)C1CCCN1. The average molecular weight is 603 g/mol. The van der Waals surface area contributed by atoms with E-state index in [4.69, 9.17) is 28.4 Å². The fourth-order valence-electron chi connectivity index (χ4n) is 3.94. The highest BCUT2D eigenvalue weighted by atomic mass is 16.6. The van der Waals surface area contributed by atoms with Crippen LogP contribution in [0.3, 0.4) is 0 Å². The third kappa shape index (κ3) is 18.3. The number of rotatable bonds is 17. The van der Waals surface area contributed by atoms with Crippen molar-refractivity contribution >= 4 is 23.8 Å². The van der Waals surface area contributed by atoms with Crippen LogP contribution in [0.25, 0.3) is 0 Å². The summed E-state index contributed by atoms with van der Waals surface area (Å²) in [4.78, 5) is 49.7. The molecule has 12 heteroatoms. The summed E-state index contributed by atoms with van der Waals surface area (Å²) in [7, 11) is 0. The Labute approximate surface area is 251 Å². The van der Waals surface area contributed by atoms with E-state index >= 15 is 0 Å². The van der Waals surface area contributed by atoms with Gasteiger partial charge in [-0.25, -0.2) is 0 Å². The summed E-state index contributed by atoms with van der Waals surface area (Å²) in [5.74, 6) is -1.46. The Morgan fingerprint density at radius 3 is 1.29 bits per heavy atom. The maximum absolute atomic E-state index is 13.2. The molecule has 1 aliphatic heterocycles. The molecule has 12 nitrogen and oxygen atoms in total. The van der Waals surface area contributed by atoms with E-state index in [1.807, 2.05) is 0 Å². The van der Waals surface area contributed by atoms with Crippen LogP contribution in [-0.4, -0.2) is 98.4 Å². The van der Waals surface area contributed by atoms with Gasteiger partial charge >= 0.3 is 17.9 Å². The fraction of sp³-hybridized carbons (Fsp3) is 0.867. The Bertz CT molecular complexity index is 776. The number of esters is 3. The zero-order chi connectivity index (χ0) is 32.0. The second-order valence-corrected chi connectivity index (χ2v) is 13.6. The van der Waals surface area contributed by atoms with E-state index in [9.17, 15) is 19.2 Å². The van der Waals surface area contributed by atoms with Gasteiger partial charge in [0.2, 0.25) is 5.91 Å². The molecule has 0 radical (unpaired) electrons. The maximum atomic E-state index is 13.2. The van der Waals surface area contributed by atoms with Crippen molar-refractivity contribution in [1.29, 1.82) is 0 Å². The topological polar surface area (TPSA) is 148 Å². The molecule has 1 aliphatic rings. The highest BCUT2D eigenvalue weighted by Crippen LogP contribution is 2.15. The lowest BCUT2D eigenvalue weighted by molar-refractivity contribution is -0.157. The quantitative estimate of drug-likeness (QED) is 0.144. The van der Waals surface area contributed by atoms with Crippen LogP contribution in [0.5, 0.6) is 0 Å². The highest BCUT2D eigenvalue weighted by molar-refractivity contribution is 5.82. The number of carbonyl (C=O) groups is 4. The van der Waals surface area contributed by atoms with Crippen LogP contribution in [0, 0.1) is 0 Å². The van der Waals surface area contributed by atoms with Gasteiger partial charge in [0.25, 0.3) is 0 Å². The largest absolute Gasteiger partial charge is 0.460 e. The lowest BCUT2D eigenvalue weighted by atomic mass is 10.0. The van der Waals surface area contributed by atoms with Crippen molar-refractivity contribution < 1.29 is 47.6 Å². The molecule has 0 spiro atoms. The molecule has 1 unspecified atom stereocenters. The predicted octanol–water partition coefficient (Wildman–Crippen LogP) is 2.84. The van der Waals surface area contributed by atoms with Gasteiger partial charge < -0.3 is 39.1 Å². The lowest BCUT2D eigenvalue weighted by Crippen LogP contribution is -2.61. The minimum Gasteiger partial charge on any atom is -0.460 e. The first-order valence-corrected chi connectivity index (χ1v) is 14.7. The van der Waals surface area contributed by atoms with E-state index in [0.29, 0.717) is 6.42 Å². The van der Waals surface area contributed by atoms with E-state index in [0.717, 1.165) is 13.0 Å². The fourth-order valence-corrected chi connectivity index (χ4v) is 3.94. The second-order valence-electron chi connectivity index (χ2n) is 13.6. The van der Waals surface area contributed by atoms with E-state index in [-0.39, 0.29) is 70.9 Å². The summed E-state index contributed by atoms with van der Waals surface area (Å²) in [6.07, 6.45) is 1.61. The van der Waals surface area contributed by atoms with Gasteiger partial charge in [0, 0.05) is 0 Å². The van der Waals surface area contributed by atoms with Gasteiger partial charge in [0.1, 0.15) is 22.3 Å². The smallest absolute Gasteiger partial charge is 0.308 e. The molecule has 0 aromatic heterocycles. The predicted molar refractivity (Wildman–Crippen MR) is 156 cm³/mol. The molecule has 2 N–H and O–H groups in total. The zero-order valence-electron chi connectivity index (χ0n) is 27.1. The molecule has 0 bridgehead atoms. The van der Waals surface area contributed by atoms with Crippen molar-refractivity contribution in [2.75, 3.05) is 46.2 Å². The van der Waals surface area contributed by atoms with Crippen LogP contribution in [0.1, 0.15) is 94.4 Å². The molecule has 1 rings (SSSR count). The standard InChI is InChI=1S/C30H54N2O10/c1-27(2,3)40-23(33)12-16-37-19-30(32-26(36)22-11-10-15-31-22,20-38-17-13-24(34)41-28(4,5)6)21-39-18-14-25(35)42-29(7,8)9/h22,31H,10-21H2,1-9H3,(H,32,36). The molecule has 0 saturated carbocycles. The molecule has 1 heterocycles. The van der Waals surface area contributed by atoms with Gasteiger partial charge in [-0.2, -0.15) is 0 Å². The number of hydrogen-bond donors (Lipinski definition) is 2. The van der Waals surface area contributed by atoms with Gasteiger partial charge in [-0.1, -0.05) is 0 Å². The number of ether oxygens (including phenoxy) is 6. The van der Waals surface area contributed by atoms with Crippen LogP contribution >= 0.6 is 0 Å². The van der Waals surface area contributed by atoms with Gasteiger partial charge in [0.05, 0.1) is 64.9 Å². The van der Waals surface area contributed by atoms with E-state index < -0.39 is 40.2 Å². The van der Waals surface area contributed by atoms with E-state index in [2.05, 4.69) is 10.6 Å². The summed E-state index contributed by atoms with van der Waals surface area (Å²) < 4.78 is 33.6. The van der Waals surface area contributed by atoms with Crippen LogP contribution < -0.4 is 10.6 Å². The first-order chi connectivity index (χ1) is 19.3. The summed E-state index contributed by atoms with van der Waals surface area (Å²) in [6.45, 7) is 16.8. The van der Waals surface area contributed by atoms with Gasteiger partial charge in [-0.15, -0.1) is 0 Å². The normalized spacial score (nSPS) is 16.2. The lowest BCUT2D eigenvalue weighted by Gasteiger charge is -2.35. The molecule has 1 amide bonds. The van der Waals surface area contributed by atoms with Crippen LogP contribution in [0.4, 0.5) is 0 Å². The minimum absolute atomic E-state index is 0.0183. The third-order valence-electron chi connectivity index (χ3n) is 5.51. The minimum atomic E-state index is -1.17. The average Bonchev–Trinajstić information content (AvgIpc) is 3.34. The Balaban J connectivity index is 2.94. The molecular weight excluding hydrogens is 548 g/mol. The molecule has 0 aliphatic carbocycles. The highest BCUT2D eigenvalue weighted by Gasteiger charge is 2.37. The van der Waals surface area contributed by atoms with Crippen molar-refractivity contribution in [3.05, 3.63) is 0 Å². The number of carbonyl (C=O) groups excluding carboxylic acids is 4. The van der Waals surface area contributed by atoms with E-state index in [1.165, 1.54) is 0 Å². The van der Waals surface area contributed by atoms with E-state index in [1.54, 1.807) is 62.3 Å². The molecule has 244 valence electrons. The van der Waals surface area contributed by atoms with Crippen molar-refractivity contribution in [3.8, 4) is 0 Å². The second kappa shape index (κ2) is 17.1. The first-order valence-electron chi connectivity index (χ1n) is 14.7. The summed E-state index contributed by atoms with van der Waals surface area (Å²) in [5, 5.41) is 6.20. The Hall–Kier alpha value is -2.28. The molecule has 1 saturated heterocycles. The molecule has 42 heavy (non-hydrogen) atoms. The van der Waals surface area contributed by atoms with Crippen LogP contribution in [0.2, 0.25) is 0 Å². The van der Waals surface area contributed by atoms with Crippen molar-refractivity contribution in [3.63, 3.8) is 0 Å². The van der Waals surface area contributed by atoms with Gasteiger partial charge in [-0.3, -0.25) is 19.2 Å². The molecular formula is C30H54N2O10. The van der Waals surface area contributed by atoms with Gasteiger partial charge in [-0.05, 0) is 81.7 Å². The zero-order valence-corrected chi connectivity index (χ0v) is 27.1. The molecule has 0 aromatic rings. The molecule has 0 aromatic carbocycles. The Kier molecular flexibility index (Phi) is 15.4. The maximum Gasteiger partial charge on any atom is 0.308 e. The summed E-state index contributed by atoms with van der Waals surface area (Å²) >= 11 is 0. The Morgan fingerprint density at radius 1 is 0.643 bits per heavy atom. The Morgan fingerprint density at radius 2 is 1.00 bits per heavy atom. The number of hydrogen-bond acceptors (Lipinski definition) is 11. The molecule has 1 atom stereocenters. The van der Waals surface area contributed by atoms with Crippen molar-refractivity contribution in [2.24, 2.45) is 0 Å². The summed E-state index contributed by atoms with van der Waals surface area (Å²) in [5.41, 5.74) is -3.02. The van der Waals surface area contributed by atoms with Crippen LogP contribution in [-0.2, 0) is 47.6 Å². The van der Waals surface area contributed by atoms with Crippen LogP contribution in [0.15, 0.2) is 0 Å². The third-order valence-corrected chi connectivity index (χ3v) is 5.51. The first kappa shape index (κ1) is 37.7. The van der Waals surface area contributed by atoms with Crippen molar-refractivity contribution in [1.82, 2.24) is 10.6 Å². The number of amides is 1. The monoisotopic (exact) mass is 602 g/mol. The van der Waals surface area contributed by atoms with Crippen molar-refractivity contribution in [2.45, 2.75) is 123 Å².